The second kappa shape index (κ2) is 8.21. The van der Waals surface area contributed by atoms with E-state index < -0.39 is 28.8 Å². The Kier molecular flexibility index (Phi) is 5.92. The number of aromatic nitrogens is 2. The second-order valence-corrected chi connectivity index (χ2v) is 7.59. The largest absolute Gasteiger partial charge is 0.501 e. The van der Waals surface area contributed by atoms with Gasteiger partial charge in [0.2, 0.25) is 11.7 Å². The minimum atomic E-state index is -2.21. The molecule has 9 nitrogen and oxygen atoms in total. The molecule has 28 heavy (non-hydrogen) atoms. The van der Waals surface area contributed by atoms with Gasteiger partial charge in [-0.1, -0.05) is 30.3 Å². The van der Waals surface area contributed by atoms with Crippen LogP contribution in [-0.2, 0) is 6.42 Å². The van der Waals surface area contributed by atoms with Gasteiger partial charge in [-0.05, 0) is 30.4 Å². The monoisotopic (exact) mass is 406 g/mol. The highest BCUT2D eigenvalue weighted by atomic mass is 32.2. The number of rotatable bonds is 5. The smallest absolute Gasteiger partial charge is 0.295 e. The molecule has 1 fully saturated rings. The first kappa shape index (κ1) is 20.2. The summed E-state index contributed by atoms with van der Waals surface area (Å²) in [6.45, 7) is 0.356. The molecule has 3 rings (SSSR count). The first-order valence-corrected chi connectivity index (χ1v) is 9.74. The first-order valence-electron chi connectivity index (χ1n) is 8.80. The van der Waals surface area contributed by atoms with Crippen molar-refractivity contribution in [1.82, 2.24) is 14.9 Å². The van der Waals surface area contributed by atoms with Gasteiger partial charge in [-0.25, -0.2) is 9.29 Å². The summed E-state index contributed by atoms with van der Waals surface area (Å²) in [5.74, 6) is -3.26. The molecule has 2 heterocycles. The van der Waals surface area contributed by atoms with Gasteiger partial charge in [-0.2, -0.15) is 0 Å². The van der Waals surface area contributed by atoms with Gasteiger partial charge in [0.25, 0.3) is 17.4 Å². The molecule has 0 atom stereocenters. The number of benzene rings is 1. The van der Waals surface area contributed by atoms with E-state index in [9.17, 15) is 24.9 Å². The van der Waals surface area contributed by atoms with Crippen LogP contribution in [0.1, 0.15) is 28.9 Å². The topological polar surface area (TPSA) is 130 Å². The molecule has 0 aliphatic carbocycles. The van der Waals surface area contributed by atoms with E-state index >= 15 is 0 Å². The molecule has 0 radical (unpaired) electrons. The van der Waals surface area contributed by atoms with Crippen LogP contribution in [0.2, 0.25) is 0 Å². The van der Waals surface area contributed by atoms with Crippen molar-refractivity contribution in [3.63, 3.8) is 0 Å². The molecule has 0 saturated carbocycles. The highest BCUT2D eigenvalue weighted by molar-refractivity contribution is 8.00. The lowest BCUT2D eigenvalue weighted by Gasteiger charge is -2.37. The van der Waals surface area contributed by atoms with Crippen LogP contribution < -0.4 is 9.86 Å². The number of hydrogen-bond acceptors (Lipinski definition) is 8. The Hall–Kier alpha value is -2.56. The van der Waals surface area contributed by atoms with Gasteiger partial charge in [0.15, 0.2) is 5.69 Å². The highest BCUT2D eigenvalue weighted by Crippen LogP contribution is 2.34. The van der Waals surface area contributed by atoms with Crippen LogP contribution in [0, 0.1) is 0 Å². The van der Waals surface area contributed by atoms with Crippen LogP contribution in [0.5, 0.6) is 5.75 Å². The molecule has 1 aliphatic rings. The number of aliphatic hydroxyl groups is 2. The van der Waals surface area contributed by atoms with Gasteiger partial charge in [0.1, 0.15) is 0 Å². The van der Waals surface area contributed by atoms with Gasteiger partial charge in [0, 0.05) is 25.8 Å². The lowest BCUT2D eigenvalue weighted by molar-refractivity contribution is -0.155. The molecule has 2 aromatic rings. The number of hydrogen-bond donors (Lipinski definition) is 4. The minimum absolute atomic E-state index is 0.0604. The van der Waals surface area contributed by atoms with E-state index in [2.05, 4.69) is 9.97 Å². The Morgan fingerprint density at radius 3 is 2.75 bits per heavy atom. The van der Waals surface area contributed by atoms with E-state index in [0.717, 1.165) is 21.8 Å². The quantitative estimate of drug-likeness (QED) is 0.421. The van der Waals surface area contributed by atoms with E-state index in [1.165, 1.54) is 4.90 Å². The zero-order chi connectivity index (χ0) is 20.3. The zero-order valence-electron chi connectivity index (χ0n) is 15.3. The molecular weight excluding hydrogens is 384 g/mol. The maximum Gasteiger partial charge on any atom is 0.295 e. The number of carbonyl (C=O) groups excluding carboxylic acids is 1. The van der Waals surface area contributed by atoms with E-state index in [0.29, 0.717) is 25.1 Å². The molecule has 1 amide bonds. The predicted octanol–water partition coefficient (Wildman–Crippen LogP) is 0.677. The number of carbonyl (C=O) groups is 1. The summed E-state index contributed by atoms with van der Waals surface area (Å²) in [6.07, 6.45) is 1.23. The van der Waals surface area contributed by atoms with Gasteiger partial charge in [0.05, 0.1) is 0 Å². The number of H-pyrrole nitrogens is 1. The van der Waals surface area contributed by atoms with Gasteiger partial charge < -0.3 is 20.2 Å². The fourth-order valence-electron chi connectivity index (χ4n) is 2.83. The molecule has 4 N–H and O–H groups in total. The molecule has 150 valence electrons. The summed E-state index contributed by atoms with van der Waals surface area (Å²) in [6, 6.07) is 9.59. The number of likely N-dealkylation sites (N-methyl/N-ethyl adjacent to an activating group) is 1. The molecule has 1 aliphatic heterocycles. The Balaban J connectivity index is 1.83. The first-order chi connectivity index (χ1) is 13.3. The Labute approximate surface area is 165 Å². The van der Waals surface area contributed by atoms with E-state index in [1.807, 2.05) is 30.3 Å². The summed E-state index contributed by atoms with van der Waals surface area (Å²) in [5, 5.41) is 30.3. The van der Waals surface area contributed by atoms with Crippen molar-refractivity contribution in [2.45, 2.75) is 25.2 Å². The number of aromatic amines is 1. The van der Waals surface area contributed by atoms with Crippen molar-refractivity contribution in [2.24, 2.45) is 0 Å². The van der Waals surface area contributed by atoms with Crippen molar-refractivity contribution < 1.29 is 20.1 Å². The van der Waals surface area contributed by atoms with Crippen molar-refractivity contribution >= 4 is 23.8 Å². The number of nitrogens with one attached hydrogen (secondary N) is 1. The van der Waals surface area contributed by atoms with Crippen molar-refractivity contribution in [1.29, 1.82) is 0 Å². The number of nitrogens with zero attached hydrogens (tertiary/aromatic N) is 3. The Morgan fingerprint density at radius 2 is 2.07 bits per heavy atom. The third-order valence-electron chi connectivity index (χ3n) is 4.40. The summed E-state index contributed by atoms with van der Waals surface area (Å²) >= 11 is 1.07. The summed E-state index contributed by atoms with van der Waals surface area (Å²) < 4.78 is 1.04. The molecule has 1 aromatic heterocycles. The molecule has 0 unspecified atom stereocenters. The fraction of sp³-hybridized carbons (Fsp3) is 0.389. The van der Waals surface area contributed by atoms with Crippen molar-refractivity contribution in [3.8, 4) is 5.75 Å². The minimum Gasteiger partial charge on any atom is -0.501 e. The summed E-state index contributed by atoms with van der Waals surface area (Å²) in [5.41, 5.74) is -0.316. The van der Waals surface area contributed by atoms with Gasteiger partial charge in [-0.15, -0.1) is 0 Å². The average molecular weight is 406 g/mol. The second-order valence-electron chi connectivity index (χ2n) is 6.55. The van der Waals surface area contributed by atoms with Crippen LogP contribution in [0.4, 0.5) is 5.95 Å². The van der Waals surface area contributed by atoms with Crippen LogP contribution >= 0.6 is 11.9 Å². The summed E-state index contributed by atoms with van der Waals surface area (Å²) in [4.78, 5) is 32.5. The van der Waals surface area contributed by atoms with Crippen LogP contribution in [0.3, 0.4) is 0 Å². The van der Waals surface area contributed by atoms with Gasteiger partial charge >= 0.3 is 0 Å². The zero-order valence-corrected chi connectivity index (χ0v) is 16.1. The average Bonchev–Trinajstić information content (AvgIpc) is 2.68. The maximum atomic E-state index is 12.7. The molecular formula is C18H22N4O5S. The van der Waals surface area contributed by atoms with Crippen molar-refractivity contribution in [3.05, 3.63) is 51.9 Å². The molecule has 1 aromatic carbocycles. The molecule has 0 bridgehead atoms. The lowest BCUT2D eigenvalue weighted by atomic mass is 10.1. The number of anilines is 1. The third kappa shape index (κ3) is 4.29. The third-order valence-corrected chi connectivity index (χ3v) is 5.60. The molecule has 10 heteroatoms. The molecule has 1 saturated heterocycles. The Morgan fingerprint density at radius 1 is 1.36 bits per heavy atom. The van der Waals surface area contributed by atoms with E-state index in [-0.39, 0.29) is 12.4 Å². The fourth-order valence-corrected chi connectivity index (χ4v) is 3.79. The van der Waals surface area contributed by atoms with Gasteiger partial charge in [-0.3, -0.25) is 14.6 Å². The van der Waals surface area contributed by atoms with E-state index in [4.69, 9.17) is 0 Å². The molecule has 0 spiro atoms. The van der Waals surface area contributed by atoms with Crippen LogP contribution in [0.25, 0.3) is 0 Å². The standard InChI is InChI=1S/C18H22N4O5S/c1-21(10-8-12-6-3-2-4-7-12)16(25)13-14(23)15(24)20-17(19-13)22-18(26,27)9-5-11-28-22/h2-4,6-7,23,26-27H,5,8-11H2,1H3,(H,19,20,24). The predicted molar refractivity (Wildman–Crippen MR) is 105 cm³/mol. The normalized spacial score (nSPS) is 16.0. The van der Waals surface area contributed by atoms with Crippen molar-refractivity contribution in [2.75, 3.05) is 23.7 Å². The van der Waals surface area contributed by atoms with E-state index in [1.54, 1.807) is 7.05 Å². The number of aromatic hydroxyl groups is 1. The van der Waals surface area contributed by atoms with Crippen LogP contribution in [0.15, 0.2) is 35.1 Å². The lowest BCUT2D eigenvalue weighted by Crippen LogP contribution is -2.49. The number of amides is 1. The SMILES string of the molecule is CN(CCc1ccccc1)C(=O)c1nc(N2SCCCC2(O)O)[nH]c(=O)c1O. The van der Waals surface area contributed by atoms with Crippen LogP contribution in [-0.4, -0.2) is 61.4 Å². The Bertz CT molecular complexity index is 903. The maximum absolute atomic E-state index is 12.7. The highest BCUT2D eigenvalue weighted by Gasteiger charge is 2.38. The summed E-state index contributed by atoms with van der Waals surface area (Å²) in [7, 11) is 1.55.